The molecular weight excluding hydrogens is 426 g/mol. The molecule has 0 radical (unpaired) electrons. The van der Waals surface area contributed by atoms with E-state index in [0.29, 0.717) is 37.8 Å². The van der Waals surface area contributed by atoms with Gasteiger partial charge >= 0.3 is 0 Å². The minimum Gasteiger partial charge on any atom is -0.484 e. The zero-order valence-electron chi connectivity index (χ0n) is 18.5. The van der Waals surface area contributed by atoms with E-state index in [1.807, 2.05) is 23.1 Å². The Bertz CT molecular complexity index is 995. The number of sulfonamides is 1. The number of benzene rings is 2. The number of hydrogen-bond acceptors (Lipinski definition) is 5. The van der Waals surface area contributed by atoms with Gasteiger partial charge in [0, 0.05) is 45.0 Å². The lowest BCUT2D eigenvalue weighted by Crippen LogP contribution is -2.50. The summed E-state index contributed by atoms with van der Waals surface area (Å²) in [5.41, 5.74) is 1.17. The fraction of sp³-hybridized carbons (Fsp3) is 0.458. The lowest BCUT2D eigenvalue weighted by atomic mass is 10.0. The number of hydrogen-bond donors (Lipinski definition) is 0. The smallest absolute Gasteiger partial charge is 0.260 e. The number of ether oxygens (including phenoxy) is 1. The van der Waals surface area contributed by atoms with E-state index in [9.17, 15) is 13.2 Å². The average Bonchev–Trinajstić information content (AvgIpc) is 2.84. The van der Waals surface area contributed by atoms with E-state index >= 15 is 0 Å². The standard InChI is InChI=1S/C24H31N3O4S/c1-20-11-13-27(14-12-20)32(29,30)23-9-7-22(8-10-23)31-19-24(28)26-17-15-25(16-18-26)21-5-3-2-4-6-21/h2-10,20H,11-19H2,1H3. The van der Waals surface area contributed by atoms with Crippen LogP contribution in [0, 0.1) is 5.92 Å². The molecule has 32 heavy (non-hydrogen) atoms. The van der Waals surface area contributed by atoms with Gasteiger partial charge in [-0.05, 0) is 55.2 Å². The van der Waals surface area contributed by atoms with Crippen molar-refractivity contribution in [2.45, 2.75) is 24.7 Å². The van der Waals surface area contributed by atoms with Crippen LogP contribution in [-0.2, 0) is 14.8 Å². The first-order valence-electron chi connectivity index (χ1n) is 11.2. The van der Waals surface area contributed by atoms with Crippen LogP contribution in [0.25, 0.3) is 0 Å². The Morgan fingerprint density at radius 3 is 2.16 bits per heavy atom. The third-order valence-corrected chi connectivity index (χ3v) is 8.23. The molecule has 2 aromatic rings. The molecule has 0 saturated carbocycles. The third kappa shape index (κ3) is 5.24. The van der Waals surface area contributed by atoms with Gasteiger partial charge in [0.15, 0.2) is 6.61 Å². The minimum atomic E-state index is -3.48. The van der Waals surface area contributed by atoms with Crippen molar-refractivity contribution < 1.29 is 17.9 Å². The molecule has 2 aliphatic rings. The second-order valence-electron chi connectivity index (χ2n) is 8.55. The second-order valence-corrected chi connectivity index (χ2v) is 10.5. The first-order chi connectivity index (χ1) is 15.4. The summed E-state index contributed by atoms with van der Waals surface area (Å²) >= 11 is 0. The van der Waals surface area contributed by atoms with Gasteiger partial charge < -0.3 is 14.5 Å². The van der Waals surface area contributed by atoms with Crippen molar-refractivity contribution in [1.82, 2.24) is 9.21 Å². The summed E-state index contributed by atoms with van der Waals surface area (Å²) < 4.78 is 32.9. The Kier molecular flexibility index (Phi) is 7.01. The zero-order chi connectivity index (χ0) is 22.6. The van der Waals surface area contributed by atoms with Gasteiger partial charge in [-0.15, -0.1) is 0 Å². The van der Waals surface area contributed by atoms with Gasteiger partial charge in [0.2, 0.25) is 10.0 Å². The van der Waals surface area contributed by atoms with Crippen LogP contribution in [0.15, 0.2) is 59.5 Å². The van der Waals surface area contributed by atoms with Crippen LogP contribution >= 0.6 is 0 Å². The van der Waals surface area contributed by atoms with Crippen molar-refractivity contribution in [1.29, 1.82) is 0 Å². The highest BCUT2D eigenvalue weighted by Gasteiger charge is 2.28. The van der Waals surface area contributed by atoms with Gasteiger partial charge in [0.25, 0.3) is 5.91 Å². The Labute approximate surface area is 190 Å². The first kappa shape index (κ1) is 22.6. The second kappa shape index (κ2) is 9.92. The summed E-state index contributed by atoms with van der Waals surface area (Å²) in [5.74, 6) is 1.00. The summed E-state index contributed by atoms with van der Waals surface area (Å²) in [4.78, 5) is 16.9. The maximum absolute atomic E-state index is 12.8. The molecule has 0 unspecified atom stereocenters. The maximum Gasteiger partial charge on any atom is 0.260 e. The SMILES string of the molecule is CC1CCN(S(=O)(=O)c2ccc(OCC(=O)N3CCN(c4ccccc4)CC3)cc2)CC1. The highest BCUT2D eigenvalue weighted by atomic mass is 32.2. The van der Waals surface area contributed by atoms with Gasteiger partial charge in [-0.3, -0.25) is 4.79 Å². The number of piperazine rings is 1. The lowest BCUT2D eigenvalue weighted by molar-refractivity contribution is -0.133. The van der Waals surface area contributed by atoms with E-state index < -0.39 is 10.0 Å². The predicted octanol–water partition coefficient (Wildman–Crippen LogP) is 2.83. The molecule has 8 heteroatoms. The van der Waals surface area contributed by atoms with E-state index in [2.05, 4.69) is 24.0 Å². The third-order valence-electron chi connectivity index (χ3n) is 6.32. The van der Waals surface area contributed by atoms with Crippen LogP contribution in [0.5, 0.6) is 5.75 Å². The van der Waals surface area contributed by atoms with Crippen molar-refractivity contribution in [3.8, 4) is 5.75 Å². The molecule has 0 aromatic heterocycles. The molecule has 2 aromatic carbocycles. The van der Waals surface area contributed by atoms with Crippen LogP contribution < -0.4 is 9.64 Å². The summed E-state index contributed by atoms with van der Waals surface area (Å²) in [5, 5.41) is 0. The number of nitrogens with zero attached hydrogens (tertiary/aromatic N) is 3. The molecular formula is C24H31N3O4S. The lowest BCUT2D eigenvalue weighted by Gasteiger charge is -2.36. The van der Waals surface area contributed by atoms with Crippen molar-refractivity contribution >= 4 is 21.6 Å². The number of amides is 1. The van der Waals surface area contributed by atoms with E-state index in [1.165, 1.54) is 5.69 Å². The van der Waals surface area contributed by atoms with Gasteiger partial charge in [-0.1, -0.05) is 25.1 Å². The van der Waals surface area contributed by atoms with Gasteiger partial charge in [-0.25, -0.2) is 8.42 Å². The van der Waals surface area contributed by atoms with E-state index in [4.69, 9.17) is 4.74 Å². The van der Waals surface area contributed by atoms with Crippen LogP contribution in [0.2, 0.25) is 0 Å². The van der Waals surface area contributed by atoms with Crippen LogP contribution in [0.1, 0.15) is 19.8 Å². The number of carbonyl (C=O) groups excluding carboxylic acids is 1. The number of rotatable bonds is 6. The Hall–Kier alpha value is -2.58. The van der Waals surface area contributed by atoms with Gasteiger partial charge in [0.1, 0.15) is 5.75 Å². The molecule has 172 valence electrons. The molecule has 2 heterocycles. The molecule has 0 bridgehead atoms. The highest BCUT2D eigenvalue weighted by Crippen LogP contribution is 2.25. The van der Waals surface area contributed by atoms with E-state index in [-0.39, 0.29) is 17.4 Å². The number of anilines is 1. The number of carbonyl (C=O) groups is 1. The van der Waals surface area contributed by atoms with E-state index in [0.717, 1.165) is 25.9 Å². The fourth-order valence-electron chi connectivity index (χ4n) is 4.17. The zero-order valence-corrected chi connectivity index (χ0v) is 19.3. The van der Waals surface area contributed by atoms with Crippen LogP contribution in [0.3, 0.4) is 0 Å². The summed E-state index contributed by atoms with van der Waals surface area (Å²) in [6.45, 7) is 6.12. The van der Waals surface area contributed by atoms with Crippen molar-refractivity contribution in [2.75, 3.05) is 50.8 Å². The van der Waals surface area contributed by atoms with Crippen molar-refractivity contribution in [2.24, 2.45) is 5.92 Å². The topological polar surface area (TPSA) is 70.2 Å². The molecule has 0 spiro atoms. The molecule has 1 amide bonds. The highest BCUT2D eigenvalue weighted by molar-refractivity contribution is 7.89. The van der Waals surface area contributed by atoms with Crippen LogP contribution in [-0.4, -0.2) is 69.4 Å². The minimum absolute atomic E-state index is 0.0541. The Morgan fingerprint density at radius 2 is 1.53 bits per heavy atom. The predicted molar refractivity (Wildman–Crippen MR) is 124 cm³/mol. The molecule has 0 N–H and O–H groups in total. The molecule has 2 fully saturated rings. The van der Waals surface area contributed by atoms with Crippen molar-refractivity contribution in [3.05, 3.63) is 54.6 Å². The van der Waals surface area contributed by atoms with Crippen molar-refractivity contribution in [3.63, 3.8) is 0 Å². The largest absolute Gasteiger partial charge is 0.484 e. The number of para-hydroxylation sites is 1. The summed E-state index contributed by atoms with van der Waals surface area (Å²) in [6, 6.07) is 16.6. The first-order valence-corrected chi connectivity index (χ1v) is 12.7. The molecule has 4 rings (SSSR count). The molecule has 7 nitrogen and oxygen atoms in total. The summed E-state index contributed by atoms with van der Waals surface area (Å²) in [6.07, 6.45) is 1.78. The number of piperidine rings is 1. The van der Waals surface area contributed by atoms with Crippen LogP contribution in [0.4, 0.5) is 5.69 Å². The molecule has 0 aliphatic carbocycles. The molecule has 0 atom stereocenters. The van der Waals surface area contributed by atoms with Gasteiger partial charge in [-0.2, -0.15) is 4.31 Å². The molecule has 2 aliphatic heterocycles. The molecule has 2 saturated heterocycles. The van der Waals surface area contributed by atoms with Gasteiger partial charge in [0.05, 0.1) is 4.90 Å². The Balaban J connectivity index is 1.27. The summed E-state index contributed by atoms with van der Waals surface area (Å²) in [7, 11) is -3.48. The van der Waals surface area contributed by atoms with E-state index in [1.54, 1.807) is 28.6 Å². The normalized spacial score (nSPS) is 18.5. The average molecular weight is 458 g/mol. The quantitative estimate of drug-likeness (QED) is 0.667. The fourth-order valence-corrected chi connectivity index (χ4v) is 5.64. The monoisotopic (exact) mass is 457 g/mol. The maximum atomic E-state index is 12.8. The Morgan fingerprint density at radius 1 is 0.906 bits per heavy atom.